The minimum Gasteiger partial charge on any atom is -0.497 e. The first-order valence-corrected chi connectivity index (χ1v) is 6.33. The topological polar surface area (TPSA) is 35.5 Å². The number of benzene rings is 2. The molecule has 0 aliphatic rings. The Hall–Kier alpha value is -2.01. The van der Waals surface area contributed by atoms with Crippen LogP contribution in [0.4, 0.5) is 4.39 Å². The van der Waals surface area contributed by atoms with Crippen molar-refractivity contribution in [2.75, 3.05) is 7.11 Å². The Morgan fingerprint density at radius 2 is 2.05 bits per heavy atom. The van der Waals surface area contributed by atoms with Crippen molar-refractivity contribution in [3.8, 4) is 5.75 Å². The maximum Gasteiger partial charge on any atom is 0.341 e. The number of rotatable bonds is 4. The fourth-order valence-electron chi connectivity index (χ4n) is 1.66. The fourth-order valence-corrected chi connectivity index (χ4v) is 1.86. The van der Waals surface area contributed by atoms with Crippen LogP contribution in [-0.2, 0) is 11.3 Å². The van der Waals surface area contributed by atoms with E-state index in [0.717, 1.165) is 5.56 Å². The number of esters is 1. The summed E-state index contributed by atoms with van der Waals surface area (Å²) in [6.07, 6.45) is 0. The van der Waals surface area contributed by atoms with Crippen molar-refractivity contribution in [3.05, 3.63) is 59.4 Å². The first-order valence-electron chi connectivity index (χ1n) is 5.88. The first kappa shape index (κ1) is 14.4. The molecule has 3 nitrogen and oxygen atoms in total. The Kier molecular flexibility index (Phi) is 4.63. The Morgan fingerprint density at radius 1 is 1.25 bits per heavy atom. The highest BCUT2D eigenvalue weighted by Crippen LogP contribution is 2.17. The van der Waals surface area contributed by atoms with Crippen molar-refractivity contribution in [3.63, 3.8) is 0 Å². The standard InChI is InChI=1S/C15H13FO3S/c1-18-11-4-2-3-10(7-11)9-19-15(17)13-8-12(20)5-6-14(13)16/h2-8,20H,9H2,1H3. The van der Waals surface area contributed by atoms with E-state index in [1.54, 1.807) is 31.4 Å². The van der Waals surface area contributed by atoms with Crippen molar-refractivity contribution < 1.29 is 18.7 Å². The van der Waals surface area contributed by atoms with Gasteiger partial charge in [0, 0.05) is 4.90 Å². The van der Waals surface area contributed by atoms with Gasteiger partial charge in [-0.2, -0.15) is 0 Å². The molecule has 2 aromatic rings. The molecule has 104 valence electrons. The zero-order chi connectivity index (χ0) is 14.5. The molecule has 0 N–H and O–H groups in total. The van der Waals surface area contributed by atoms with E-state index in [4.69, 9.17) is 9.47 Å². The van der Waals surface area contributed by atoms with Gasteiger partial charge in [0.1, 0.15) is 18.2 Å². The van der Waals surface area contributed by atoms with E-state index in [-0.39, 0.29) is 12.2 Å². The van der Waals surface area contributed by atoms with Gasteiger partial charge < -0.3 is 9.47 Å². The second kappa shape index (κ2) is 6.43. The largest absolute Gasteiger partial charge is 0.497 e. The van der Waals surface area contributed by atoms with Gasteiger partial charge in [0.05, 0.1) is 12.7 Å². The molecule has 0 fully saturated rings. The van der Waals surface area contributed by atoms with Gasteiger partial charge in [-0.05, 0) is 35.9 Å². The van der Waals surface area contributed by atoms with Crippen LogP contribution in [0.15, 0.2) is 47.4 Å². The average molecular weight is 292 g/mol. The number of thiol groups is 1. The minimum atomic E-state index is -0.721. The summed E-state index contributed by atoms with van der Waals surface area (Å²) < 4.78 is 23.7. The molecule has 20 heavy (non-hydrogen) atoms. The summed E-state index contributed by atoms with van der Waals surface area (Å²) in [6, 6.07) is 11.1. The van der Waals surface area contributed by atoms with Crippen LogP contribution in [0.2, 0.25) is 0 Å². The van der Waals surface area contributed by atoms with Gasteiger partial charge in [0.25, 0.3) is 0 Å². The van der Waals surface area contributed by atoms with Crippen molar-refractivity contribution in [2.24, 2.45) is 0 Å². The van der Waals surface area contributed by atoms with Gasteiger partial charge in [0.15, 0.2) is 0 Å². The van der Waals surface area contributed by atoms with Crippen LogP contribution in [0, 0.1) is 5.82 Å². The third-order valence-corrected chi connectivity index (χ3v) is 2.95. The lowest BCUT2D eigenvalue weighted by Crippen LogP contribution is -2.07. The third-order valence-electron chi connectivity index (χ3n) is 2.67. The molecule has 0 bridgehead atoms. The van der Waals surface area contributed by atoms with Gasteiger partial charge in [-0.1, -0.05) is 12.1 Å². The molecule has 0 aliphatic carbocycles. The summed E-state index contributed by atoms with van der Waals surface area (Å²) in [5.41, 5.74) is 0.639. The van der Waals surface area contributed by atoms with Crippen LogP contribution in [0.5, 0.6) is 5.75 Å². The Balaban J connectivity index is 2.06. The van der Waals surface area contributed by atoms with E-state index in [0.29, 0.717) is 10.6 Å². The van der Waals surface area contributed by atoms with E-state index in [1.807, 2.05) is 0 Å². The predicted octanol–water partition coefficient (Wildman–Crippen LogP) is 3.48. The molecule has 0 aliphatic heterocycles. The maximum atomic E-state index is 13.5. The van der Waals surface area contributed by atoms with E-state index in [9.17, 15) is 9.18 Å². The summed E-state index contributed by atoms with van der Waals surface area (Å²) in [5.74, 6) is -0.679. The molecule has 0 spiro atoms. The fraction of sp³-hybridized carbons (Fsp3) is 0.133. The number of carbonyl (C=O) groups excluding carboxylic acids is 1. The van der Waals surface area contributed by atoms with E-state index < -0.39 is 11.8 Å². The molecule has 0 saturated heterocycles. The first-order chi connectivity index (χ1) is 9.60. The molecule has 5 heteroatoms. The van der Waals surface area contributed by atoms with E-state index >= 15 is 0 Å². The van der Waals surface area contributed by atoms with Gasteiger partial charge in [-0.25, -0.2) is 9.18 Å². The highest BCUT2D eigenvalue weighted by Gasteiger charge is 2.13. The Morgan fingerprint density at radius 3 is 2.80 bits per heavy atom. The molecule has 0 aromatic heterocycles. The van der Waals surface area contributed by atoms with Crippen molar-refractivity contribution >= 4 is 18.6 Å². The molecule has 0 amide bonds. The van der Waals surface area contributed by atoms with Crippen molar-refractivity contribution in [2.45, 2.75) is 11.5 Å². The molecule has 0 atom stereocenters. The predicted molar refractivity (Wildman–Crippen MR) is 75.8 cm³/mol. The highest BCUT2D eigenvalue weighted by molar-refractivity contribution is 7.80. The molecule has 2 rings (SSSR count). The van der Waals surface area contributed by atoms with Gasteiger partial charge in [-0.15, -0.1) is 12.6 Å². The number of methoxy groups -OCH3 is 1. The van der Waals surface area contributed by atoms with Crippen molar-refractivity contribution in [1.29, 1.82) is 0 Å². The monoisotopic (exact) mass is 292 g/mol. The van der Waals surface area contributed by atoms with Crippen LogP contribution in [0.1, 0.15) is 15.9 Å². The third kappa shape index (κ3) is 3.51. The van der Waals surface area contributed by atoms with E-state index in [2.05, 4.69) is 12.6 Å². The second-order valence-corrected chi connectivity index (χ2v) is 4.61. The number of hydrogen-bond donors (Lipinski definition) is 1. The van der Waals surface area contributed by atoms with Gasteiger partial charge in [-0.3, -0.25) is 0 Å². The Labute approximate surface area is 121 Å². The molecule has 0 heterocycles. The number of halogens is 1. The average Bonchev–Trinajstić information content (AvgIpc) is 2.47. The molecule has 0 saturated carbocycles. The normalized spacial score (nSPS) is 10.2. The SMILES string of the molecule is COc1cccc(COC(=O)c2cc(S)ccc2F)c1. The zero-order valence-electron chi connectivity index (χ0n) is 10.8. The summed E-state index contributed by atoms with van der Waals surface area (Å²) in [4.78, 5) is 12.3. The summed E-state index contributed by atoms with van der Waals surface area (Å²) in [7, 11) is 1.55. The van der Waals surface area contributed by atoms with Crippen LogP contribution in [-0.4, -0.2) is 13.1 Å². The maximum absolute atomic E-state index is 13.5. The number of hydrogen-bond acceptors (Lipinski definition) is 4. The molecule has 2 aromatic carbocycles. The van der Waals surface area contributed by atoms with Gasteiger partial charge >= 0.3 is 5.97 Å². The number of carbonyl (C=O) groups is 1. The smallest absolute Gasteiger partial charge is 0.341 e. The van der Waals surface area contributed by atoms with E-state index in [1.165, 1.54) is 18.2 Å². The summed E-state index contributed by atoms with van der Waals surface area (Å²) in [6.45, 7) is 0.0479. The molecule has 0 radical (unpaired) electrons. The van der Waals surface area contributed by atoms with Gasteiger partial charge in [0.2, 0.25) is 0 Å². The summed E-state index contributed by atoms with van der Waals surface area (Å²) in [5, 5.41) is 0. The summed E-state index contributed by atoms with van der Waals surface area (Å²) >= 11 is 4.07. The number of ether oxygens (including phenoxy) is 2. The van der Waals surface area contributed by atoms with Crippen LogP contribution in [0.3, 0.4) is 0 Å². The second-order valence-electron chi connectivity index (χ2n) is 4.09. The van der Waals surface area contributed by atoms with Crippen LogP contribution < -0.4 is 4.74 Å². The lowest BCUT2D eigenvalue weighted by atomic mass is 10.2. The zero-order valence-corrected chi connectivity index (χ0v) is 11.7. The lowest BCUT2D eigenvalue weighted by Gasteiger charge is -2.07. The Bertz CT molecular complexity index is 628. The molecular formula is C15H13FO3S. The van der Waals surface area contributed by atoms with Crippen LogP contribution >= 0.6 is 12.6 Å². The van der Waals surface area contributed by atoms with Crippen molar-refractivity contribution in [1.82, 2.24) is 0 Å². The quantitative estimate of drug-likeness (QED) is 0.692. The van der Waals surface area contributed by atoms with Crippen LogP contribution in [0.25, 0.3) is 0 Å². The minimum absolute atomic E-state index is 0.0479. The molecule has 0 unspecified atom stereocenters. The molecular weight excluding hydrogens is 279 g/mol. The highest BCUT2D eigenvalue weighted by atomic mass is 32.1. The lowest BCUT2D eigenvalue weighted by molar-refractivity contribution is 0.0466.